The lowest BCUT2D eigenvalue weighted by Crippen LogP contribution is -2.34. The van der Waals surface area contributed by atoms with Gasteiger partial charge in [-0.3, -0.25) is 9.89 Å². The van der Waals surface area contributed by atoms with E-state index in [9.17, 15) is 4.79 Å². The van der Waals surface area contributed by atoms with E-state index in [1.165, 1.54) is 5.56 Å². The highest BCUT2D eigenvalue weighted by molar-refractivity contribution is 5.92. The van der Waals surface area contributed by atoms with Crippen molar-refractivity contribution in [1.29, 1.82) is 0 Å². The number of aromatic nitrogens is 2. The number of fused-ring (bicyclic) bond motifs is 1. The third-order valence-corrected chi connectivity index (χ3v) is 3.89. The van der Waals surface area contributed by atoms with Gasteiger partial charge in [-0.2, -0.15) is 5.10 Å². The van der Waals surface area contributed by atoms with Crippen LogP contribution in [0.1, 0.15) is 35.1 Å². The topological polar surface area (TPSA) is 67.0 Å². The molecule has 2 heterocycles. The fourth-order valence-electron chi connectivity index (χ4n) is 2.72. The molecule has 2 N–H and O–H groups in total. The normalized spacial score (nSPS) is 16.7. The van der Waals surface area contributed by atoms with Crippen LogP contribution in [0.4, 0.5) is 0 Å². The number of nitrogens with zero attached hydrogens (tertiary/aromatic N) is 1. The molecule has 1 aliphatic heterocycles. The van der Waals surface area contributed by atoms with Crippen LogP contribution < -0.4 is 10.1 Å². The molecular weight excluding hydrogens is 278 g/mol. The largest absolute Gasteiger partial charge is 0.493 e. The number of amides is 1. The van der Waals surface area contributed by atoms with Crippen LogP contribution >= 0.6 is 0 Å². The molecule has 0 aliphatic carbocycles. The summed E-state index contributed by atoms with van der Waals surface area (Å²) in [6.45, 7) is 3.34. The standard InChI is InChI=1S/C17H21N3O2/c1-2-5-14-9-15(20-19-14)17(21)18-10-12-8-13-6-3-4-7-16(13)22-11-12/h3-4,6-7,9,12H,2,5,8,10-11H2,1H3,(H,18,21)(H,19,20). The molecule has 1 atom stereocenters. The van der Waals surface area contributed by atoms with Crippen LogP contribution in [-0.4, -0.2) is 29.3 Å². The monoisotopic (exact) mass is 299 g/mol. The summed E-state index contributed by atoms with van der Waals surface area (Å²) in [6, 6.07) is 9.89. The Kier molecular flexibility index (Phi) is 4.42. The fourth-order valence-corrected chi connectivity index (χ4v) is 2.72. The molecule has 1 unspecified atom stereocenters. The molecule has 22 heavy (non-hydrogen) atoms. The quantitative estimate of drug-likeness (QED) is 0.890. The van der Waals surface area contributed by atoms with Crippen LogP contribution in [-0.2, 0) is 12.8 Å². The van der Waals surface area contributed by atoms with Crippen molar-refractivity contribution >= 4 is 5.91 Å². The number of rotatable bonds is 5. The Balaban J connectivity index is 1.53. The number of aromatic amines is 1. The minimum atomic E-state index is -0.127. The van der Waals surface area contributed by atoms with Gasteiger partial charge in [0.1, 0.15) is 11.4 Å². The summed E-state index contributed by atoms with van der Waals surface area (Å²) in [4.78, 5) is 12.1. The number of H-pyrrole nitrogens is 1. The number of para-hydroxylation sites is 1. The van der Waals surface area contributed by atoms with E-state index in [0.29, 0.717) is 24.8 Å². The lowest BCUT2D eigenvalue weighted by atomic mass is 9.97. The van der Waals surface area contributed by atoms with Gasteiger partial charge < -0.3 is 10.1 Å². The van der Waals surface area contributed by atoms with Crippen LogP contribution in [0.15, 0.2) is 30.3 Å². The second-order valence-electron chi connectivity index (χ2n) is 5.73. The van der Waals surface area contributed by atoms with E-state index < -0.39 is 0 Å². The summed E-state index contributed by atoms with van der Waals surface area (Å²) in [6.07, 6.45) is 2.87. The van der Waals surface area contributed by atoms with Crippen LogP contribution in [0, 0.1) is 5.92 Å². The minimum absolute atomic E-state index is 0.127. The molecule has 0 bridgehead atoms. The summed E-state index contributed by atoms with van der Waals surface area (Å²) < 4.78 is 5.74. The summed E-state index contributed by atoms with van der Waals surface area (Å²) in [5, 5.41) is 9.92. The van der Waals surface area contributed by atoms with E-state index in [1.807, 2.05) is 24.3 Å². The number of carbonyl (C=O) groups is 1. The van der Waals surface area contributed by atoms with Crippen molar-refractivity contribution in [2.45, 2.75) is 26.2 Å². The maximum Gasteiger partial charge on any atom is 0.271 e. The third-order valence-electron chi connectivity index (χ3n) is 3.89. The van der Waals surface area contributed by atoms with Crippen molar-refractivity contribution in [3.05, 3.63) is 47.3 Å². The lowest BCUT2D eigenvalue weighted by molar-refractivity contribution is 0.0934. The molecule has 3 rings (SSSR count). The molecule has 5 heteroatoms. The first-order valence-corrected chi connectivity index (χ1v) is 7.79. The van der Waals surface area contributed by atoms with Crippen molar-refractivity contribution in [2.75, 3.05) is 13.2 Å². The molecule has 0 radical (unpaired) electrons. The summed E-state index contributed by atoms with van der Waals surface area (Å²) in [5.74, 6) is 1.13. The molecule has 0 saturated heterocycles. The van der Waals surface area contributed by atoms with Crippen LogP contribution in [0.2, 0.25) is 0 Å². The molecule has 1 aromatic heterocycles. The predicted octanol–water partition coefficient (Wildman–Crippen LogP) is 2.34. The van der Waals surface area contributed by atoms with Gasteiger partial charge in [-0.05, 0) is 30.5 Å². The molecule has 1 aromatic carbocycles. The zero-order valence-electron chi connectivity index (χ0n) is 12.8. The summed E-state index contributed by atoms with van der Waals surface area (Å²) in [7, 11) is 0. The minimum Gasteiger partial charge on any atom is -0.493 e. The van der Waals surface area contributed by atoms with Crippen LogP contribution in [0.5, 0.6) is 5.75 Å². The van der Waals surface area contributed by atoms with Crippen LogP contribution in [0.25, 0.3) is 0 Å². The maximum absolute atomic E-state index is 12.1. The molecule has 116 valence electrons. The molecule has 2 aromatic rings. The first-order chi connectivity index (χ1) is 10.8. The number of aryl methyl sites for hydroxylation is 1. The van der Waals surface area contributed by atoms with Gasteiger partial charge in [-0.1, -0.05) is 31.5 Å². The second kappa shape index (κ2) is 6.64. The van der Waals surface area contributed by atoms with Crippen molar-refractivity contribution in [2.24, 2.45) is 5.92 Å². The molecule has 1 amide bonds. The van der Waals surface area contributed by atoms with Gasteiger partial charge in [0.25, 0.3) is 5.91 Å². The summed E-state index contributed by atoms with van der Waals surface area (Å²) >= 11 is 0. The van der Waals surface area contributed by atoms with Crippen molar-refractivity contribution in [3.8, 4) is 5.75 Å². The zero-order chi connectivity index (χ0) is 15.4. The number of carbonyl (C=O) groups excluding carboxylic acids is 1. The zero-order valence-corrected chi connectivity index (χ0v) is 12.8. The average Bonchev–Trinajstić information content (AvgIpc) is 3.01. The predicted molar refractivity (Wildman–Crippen MR) is 84.0 cm³/mol. The lowest BCUT2D eigenvalue weighted by Gasteiger charge is -2.25. The van der Waals surface area contributed by atoms with Crippen molar-refractivity contribution in [3.63, 3.8) is 0 Å². The first-order valence-electron chi connectivity index (χ1n) is 7.79. The van der Waals surface area contributed by atoms with Gasteiger partial charge in [0.15, 0.2) is 0 Å². The van der Waals surface area contributed by atoms with Gasteiger partial charge in [-0.15, -0.1) is 0 Å². The third kappa shape index (κ3) is 3.30. The number of hydrogen-bond donors (Lipinski definition) is 2. The first kappa shape index (κ1) is 14.6. The number of ether oxygens (including phenoxy) is 1. The Hall–Kier alpha value is -2.30. The Morgan fingerprint density at radius 3 is 3.18 bits per heavy atom. The van der Waals surface area contributed by atoms with Gasteiger partial charge in [0, 0.05) is 18.2 Å². The van der Waals surface area contributed by atoms with Gasteiger partial charge in [0.05, 0.1) is 6.61 Å². The number of benzene rings is 1. The molecular formula is C17H21N3O2. The molecule has 0 fully saturated rings. The Morgan fingerprint density at radius 2 is 2.32 bits per heavy atom. The average molecular weight is 299 g/mol. The number of nitrogens with one attached hydrogen (secondary N) is 2. The van der Waals surface area contributed by atoms with E-state index in [2.05, 4.69) is 28.5 Å². The van der Waals surface area contributed by atoms with E-state index in [4.69, 9.17) is 4.74 Å². The van der Waals surface area contributed by atoms with E-state index in [1.54, 1.807) is 0 Å². The van der Waals surface area contributed by atoms with Gasteiger partial charge in [-0.25, -0.2) is 0 Å². The van der Waals surface area contributed by atoms with E-state index in [0.717, 1.165) is 30.7 Å². The Morgan fingerprint density at radius 1 is 1.45 bits per heavy atom. The van der Waals surface area contributed by atoms with Gasteiger partial charge in [0.2, 0.25) is 0 Å². The van der Waals surface area contributed by atoms with E-state index >= 15 is 0 Å². The van der Waals surface area contributed by atoms with Crippen LogP contribution in [0.3, 0.4) is 0 Å². The molecule has 0 saturated carbocycles. The highest BCUT2D eigenvalue weighted by Gasteiger charge is 2.20. The van der Waals surface area contributed by atoms with Crippen molar-refractivity contribution in [1.82, 2.24) is 15.5 Å². The van der Waals surface area contributed by atoms with E-state index in [-0.39, 0.29) is 5.91 Å². The van der Waals surface area contributed by atoms with Crippen molar-refractivity contribution < 1.29 is 9.53 Å². The Bertz CT molecular complexity index is 651. The second-order valence-corrected chi connectivity index (χ2v) is 5.73. The molecule has 5 nitrogen and oxygen atoms in total. The molecule has 0 spiro atoms. The number of hydrogen-bond acceptors (Lipinski definition) is 3. The maximum atomic E-state index is 12.1. The SMILES string of the molecule is CCCc1cc(C(=O)NCC2COc3ccccc3C2)n[nH]1. The smallest absolute Gasteiger partial charge is 0.271 e. The highest BCUT2D eigenvalue weighted by atomic mass is 16.5. The fraction of sp³-hybridized carbons (Fsp3) is 0.412. The Labute approximate surface area is 130 Å². The molecule has 1 aliphatic rings. The van der Waals surface area contributed by atoms with Gasteiger partial charge >= 0.3 is 0 Å². The summed E-state index contributed by atoms with van der Waals surface area (Å²) in [5.41, 5.74) is 2.67. The highest BCUT2D eigenvalue weighted by Crippen LogP contribution is 2.26.